The van der Waals surface area contributed by atoms with Crippen LogP contribution in [0.5, 0.6) is 17.2 Å². The van der Waals surface area contributed by atoms with Crippen LogP contribution in [-0.4, -0.2) is 26.0 Å². The minimum absolute atomic E-state index is 0.0108. The molecule has 0 bridgehead atoms. The summed E-state index contributed by atoms with van der Waals surface area (Å²) in [5, 5.41) is 0. The van der Waals surface area contributed by atoms with Crippen LogP contribution >= 0.6 is 0 Å². The zero-order valence-corrected chi connectivity index (χ0v) is 28.0. The highest BCUT2D eigenvalue weighted by Crippen LogP contribution is 2.36. The average Bonchev–Trinajstić information content (AvgIpc) is 3.10. The van der Waals surface area contributed by atoms with Gasteiger partial charge in [0, 0.05) is 18.4 Å². The number of ether oxygens (including phenoxy) is 3. The van der Waals surface area contributed by atoms with Gasteiger partial charge in [0.25, 0.3) is 0 Å². The van der Waals surface area contributed by atoms with Crippen LogP contribution in [0.2, 0.25) is 0 Å². The summed E-state index contributed by atoms with van der Waals surface area (Å²) in [6.45, 7) is 3.74. The van der Waals surface area contributed by atoms with Crippen molar-refractivity contribution in [1.29, 1.82) is 0 Å². The molecule has 48 heavy (non-hydrogen) atoms. The van der Waals surface area contributed by atoms with Gasteiger partial charge in [-0.2, -0.15) is 13.2 Å². The first-order valence-electron chi connectivity index (χ1n) is 17.5. The molecule has 0 saturated heterocycles. The van der Waals surface area contributed by atoms with E-state index in [2.05, 4.69) is 6.92 Å². The third kappa shape index (κ3) is 10.3. The Morgan fingerprint density at radius 2 is 1.19 bits per heavy atom. The maximum absolute atomic E-state index is 14.9. The molecule has 1 aliphatic rings. The monoisotopic (exact) mass is 678 g/mol. The van der Waals surface area contributed by atoms with Gasteiger partial charge in [-0.25, -0.2) is 13.2 Å². The van der Waals surface area contributed by atoms with Crippen LogP contribution in [0.4, 0.5) is 26.3 Å². The van der Waals surface area contributed by atoms with Crippen LogP contribution in [0.1, 0.15) is 103 Å². The van der Waals surface area contributed by atoms with Crippen LogP contribution in [0.25, 0.3) is 11.1 Å². The molecule has 0 spiro atoms. The summed E-state index contributed by atoms with van der Waals surface area (Å²) >= 11 is 0. The van der Waals surface area contributed by atoms with Gasteiger partial charge in [0.15, 0.2) is 23.1 Å². The molecule has 9 heteroatoms. The van der Waals surface area contributed by atoms with E-state index in [4.69, 9.17) is 14.2 Å². The number of hydrogen-bond acceptors (Lipinski definition) is 3. The van der Waals surface area contributed by atoms with Crippen LogP contribution < -0.4 is 14.2 Å². The summed E-state index contributed by atoms with van der Waals surface area (Å²) in [5.41, 5.74) is 0.632. The van der Waals surface area contributed by atoms with E-state index in [-0.39, 0.29) is 67.0 Å². The first kappa shape index (κ1) is 37.5. The summed E-state index contributed by atoms with van der Waals surface area (Å²) in [7, 11) is 0. The Morgan fingerprint density at radius 1 is 0.625 bits per heavy atom. The van der Waals surface area contributed by atoms with Crippen molar-refractivity contribution in [3.05, 3.63) is 77.4 Å². The van der Waals surface area contributed by atoms with Crippen LogP contribution in [0, 0.1) is 35.1 Å². The van der Waals surface area contributed by atoms with Gasteiger partial charge < -0.3 is 14.2 Å². The minimum Gasteiger partial charge on any atom is -0.491 e. The van der Waals surface area contributed by atoms with Crippen LogP contribution in [-0.2, 0) is 0 Å². The molecular formula is C39H48F6O3. The predicted octanol–water partition coefficient (Wildman–Crippen LogP) is 12.1. The Kier molecular flexibility index (Phi) is 14.8. The predicted molar refractivity (Wildman–Crippen MR) is 177 cm³/mol. The summed E-state index contributed by atoms with van der Waals surface area (Å²) in [4.78, 5) is 0. The van der Waals surface area contributed by atoms with Gasteiger partial charge >= 0.3 is 0 Å². The number of benzene rings is 3. The van der Waals surface area contributed by atoms with E-state index >= 15 is 0 Å². The fraction of sp³-hybridized carbons (Fsp3) is 0.538. The van der Waals surface area contributed by atoms with Gasteiger partial charge in [0.1, 0.15) is 12.3 Å². The summed E-state index contributed by atoms with van der Waals surface area (Å²) < 4.78 is 104. The van der Waals surface area contributed by atoms with Crippen molar-refractivity contribution in [2.24, 2.45) is 11.8 Å². The van der Waals surface area contributed by atoms with Crippen LogP contribution in [0.3, 0.4) is 0 Å². The quantitative estimate of drug-likeness (QED) is 0.0933. The number of unbranched alkanes of at least 4 members (excludes halogenated alkanes) is 4. The molecule has 1 fully saturated rings. The molecule has 3 nitrogen and oxygen atoms in total. The molecule has 2 atom stereocenters. The summed E-state index contributed by atoms with van der Waals surface area (Å²) in [5.74, 6) is -4.91. The van der Waals surface area contributed by atoms with Crippen molar-refractivity contribution in [2.75, 3.05) is 19.8 Å². The number of halogens is 6. The van der Waals surface area contributed by atoms with Crippen molar-refractivity contribution >= 4 is 0 Å². The van der Waals surface area contributed by atoms with E-state index in [1.165, 1.54) is 87.1 Å². The molecule has 2 unspecified atom stereocenters. The lowest BCUT2D eigenvalue weighted by Gasteiger charge is -2.30. The number of rotatable bonds is 19. The largest absolute Gasteiger partial charge is 0.491 e. The fourth-order valence-electron chi connectivity index (χ4n) is 6.46. The van der Waals surface area contributed by atoms with E-state index in [0.717, 1.165) is 25.7 Å². The second kappa shape index (κ2) is 19.0. The van der Waals surface area contributed by atoms with Gasteiger partial charge in [0.2, 0.25) is 17.5 Å². The molecule has 3 aromatic rings. The summed E-state index contributed by atoms with van der Waals surface area (Å²) in [6, 6.07) is 11.0. The average molecular weight is 679 g/mol. The maximum Gasteiger partial charge on any atom is 0.204 e. The third-order valence-electron chi connectivity index (χ3n) is 9.34. The molecular weight excluding hydrogens is 630 g/mol. The topological polar surface area (TPSA) is 27.7 Å². The van der Waals surface area contributed by atoms with E-state index in [1.807, 2.05) is 0 Å². The molecule has 0 amide bonds. The normalized spacial score (nSPS) is 17.6. The molecule has 0 aromatic heterocycles. The lowest BCUT2D eigenvalue weighted by atomic mass is 9.77. The zero-order valence-electron chi connectivity index (χ0n) is 28.0. The highest BCUT2D eigenvalue weighted by atomic mass is 19.2. The third-order valence-corrected chi connectivity index (χ3v) is 9.34. The molecule has 1 saturated carbocycles. The van der Waals surface area contributed by atoms with E-state index in [0.29, 0.717) is 11.5 Å². The van der Waals surface area contributed by atoms with Crippen molar-refractivity contribution < 1.29 is 40.6 Å². The highest BCUT2D eigenvalue weighted by molar-refractivity contribution is 5.65. The highest BCUT2D eigenvalue weighted by Gasteiger charge is 2.28. The molecule has 0 aliphatic heterocycles. The Hall–Kier alpha value is -3.36. The Balaban J connectivity index is 1.18. The number of alkyl halides is 2. The second-order valence-electron chi connectivity index (χ2n) is 12.7. The van der Waals surface area contributed by atoms with E-state index in [9.17, 15) is 26.3 Å². The molecule has 0 N–H and O–H groups in total. The van der Waals surface area contributed by atoms with E-state index in [1.54, 1.807) is 6.92 Å². The Bertz CT molecular complexity index is 1410. The standard InChI is InChI=1S/C39H48F6O3/c1-3-5-6-7-8-9-26-10-12-28(13-11-26)31(40)22-24-47-34-20-21-35(39(45)38(34)44)48-25-23-32(41)29-16-14-27(15-17-29)30-18-19-33(46-4-2)37(43)36(30)42/h14-21,26,28,31-32H,3-13,22-25H2,1-2H3. The SMILES string of the molecule is CCCCCCCC1CCC(C(F)CCOc2ccc(OCCC(F)c3ccc(-c4ccc(OCC)c(F)c4F)cc3)c(F)c2F)CC1. The van der Waals surface area contributed by atoms with Gasteiger partial charge in [0.05, 0.1) is 19.8 Å². The van der Waals surface area contributed by atoms with Crippen molar-refractivity contribution in [3.63, 3.8) is 0 Å². The molecule has 264 valence electrons. The first-order chi connectivity index (χ1) is 23.2. The Labute approximate surface area is 281 Å². The smallest absolute Gasteiger partial charge is 0.204 e. The second-order valence-corrected chi connectivity index (χ2v) is 12.7. The van der Waals surface area contributed by atoms with Crippen molar-refractivity contribution in [1.82, 2.24) is 0 Å². The lowest BCUT2D eigenvalue weighted by Crippen LogP contribution is -2.24. The zero-order chi connectivity index (χ0) is 34.5. The molecule has 3 aromatic carbocycles. The van der Waals surface area contributed by atoms with Gasteiger partial charge in [-0.1, -0.05) is 82.6 Å². The molecule has 4 rings (SSSR count). The maximum atomic E-state index is 14.9. The minimum atomic E-state index is -1.50. The first-order valence-corrected chi connectivity index (χ1v) is 17.5. The van der Waals surface area contributed by atoms with Crippen molar-refractivity contribution in [3.8, 4) is 28.4 Å². The molecule has 0 heterocycles. The van der Waals surface area contributed by atoms with Gasteiger partial charge in [-0.05, 0) is 67.0 Å². The van der Waals surface area contributed by atoms with Crippen LogP contribution in [0.15, 0.2) is 48.5 Å². The van der Waals surface area contributed by atoms with E-state index < -0.39 is 35.6 Å². The van der Waals surface area contributed by atoms with Crippen molar-refractivity contribution in [2.45, 2.75) is 103 Å². The van der Waals surface area contributed by atoms with Gasteiger partial charge in [-0.15, -0.1) is 0 Å². The lowest BCUT2D eigenvalue weighted by molar-refractivity contribution is 0.125. The van der Waals surface area contributed by atoms with Gasteiger partial charge in [-0.3, -0.25) is 0 Å². The number of hydrogen-bond donors (Lipinski definition) is 0. The fourth-order valence-corrected chi connectivity index (χ4v) is 6.46. The Morgan fingerprint density at radius 3 is 1.81 bits per heavy atom. The molecule has 1 aliphatic carbocycles. The molecule has 0 radical (unpaired) electrons. The summed E-state index contributed by atoms with van der Waals surface area (Å²) in [6.07, 6.45) is 8.76.